The molecule has 0 saturated carbocycles. The molecule has 1 aromatic heterocycles. The molecule has 2 heterocycles. The Balaban J connectivity index is 2.11. The number of pyridine rings is 1. The van der Waals surface area contributed by atoms with Gasteiger partial charge in [-0.15, -0.1) is 0 Å². The highest BCUT2D eigenvalue weighted by molar-refractivity contribution is 6.32. The molecule has 2 N–H and O–H groups in total. The van der Waals surface area contributed by atoms with Crippen LogP contribution in [0.15, 0.2) is 12.3 Å². The van der Waals surface area contributed by atoms with Gasteiger partial charge >= 0.3 is 0 Å². The number of hydrogen-bond acceptors (Lipinski definition) is 4. The van der Waals surface area contributed by atoms with E-state index in [0.29, 0.717) is 10.8 Å². The monoisotopic (exact) mass is 296 g/mol. The Labute approximate surface area is 124 Å². The Morgan fingerprint density at radius 3 is 2.75 bits per heavy atom. The van der Waals surface area contributed by atoms with Crippen molar-refractivity contribution in [3.8, 4) is 0 Å². The second-order valence-electron chi connectivity index (χ2n) is 5.60. The van der Waals surface area contributed by atoms with Crippen LogP contribution in [0.25, 0.3) is 0 Å². The van der Waals surface area contributed by atoms with Gasteiger partial charge in [-0.3, -0.25) is 9.69 Å². The van der Waals surface area contributed by atoms with Crippen molar-refractivity contribution < 1.29 is 4.79 Å². The van der Waals surface area contributed by atoms with Crippen molar-refractivity contribution in [3.05, 3.63) is 23.0 Å². The molecule has 5 nitrogen and oxygen atoms in total. The van der Waals surface area contributed by atoms with Crippen LogP contribution in [-0.2, 0) is 4.79 Å². The van der Waals surface area contributed by atoms with E-state index in [1.807, 2.05) is 26.8 Å². The molecule has 0 aliphatic carbocycles. The number of piperazine rings is 1. The molecular formula is C14H21ClN4O. The van der Waals surface area contributed by atoms with Gasteiger partial charge in [0.1, 0.15) is 0 Å². The van der Waals surface area contributed by atoms with Crippen LogP contribution in [0.3, 0.4) is 0 Å². The number of nitrogens with one attached hydrogen (secondary N) is 2. The van der Waals surface area contributed by atoms with Crippen LogP contribution in [0.4, 0.5) is 5.69 Å². The minimum atomic E-state index is -0.574. The Bertz CT molecular complexity index is 498. The fourth-order valence-corrected chi connectivity index (χ4v) is 2.43. The van der Waals surface area contributed by atoms with Crippen LogP contribution in [0, 0.1) is 6.92 Å². The Morgan fingerprint density at radius 2 is 2.10 bits per heavy atom. The molecule has 0 atom stereocenters. The van der Waals surface area contributed by atoms with Crippen LogP contribution in [0.1, 0.15) is 19.4 Å². The van der Waals surface area contributed by atoms with E-state index < -0.39 is 5.54 Å². The van der Waals surface area contributed by atoms with E-state index in [9.17, 15) is 4.79 Å². The summed E-state index contributed by atoms with van der Waals surface area (Å²) in [6.07, 6.45) is 1.68. The standard InChI is InChI=1S/C14H21ClN4O/c1-10-8-11(12(15)17-9-10)18-13(20)14(2,3)19-6-4-16-5-7-19/h8-9,16H,4-7H2,1-3H3,(H,18,20). The van der Waals surface area contributed by atoms with E-state index >= 15 is 0 Å². The van der Waals surface area contributed by atoms with Gasteiger partial charge in [-0.25, -0.2) is 4.98 Å². The highest BCUT2D eigenvalue weighted by Gasteiger charge is 2.35. The van der Waals surface area contributed by atoms with Crippen molar-refractivity contribution in [3.63, 3.8) is 0 Å². The van der Waals surface area contributed by atoms with Crippen molar-refractivity contribution in [1.29, 1.82) is 0 Å². The first-order chi connectivity index (χ1) is 9.41. The van der Waals surface area contributed by atoms with Gasteiger partial charge in [-0.2, -0.15) is 0 Å². The molecule has 1 aliphatic heterocycles. The van der Waals surface area contributed by atoms with Crippen molar-refractivity contribution >= 4 is 23.2 Å². The van der Waals surface area contributed by atoms with Crippen LogP contribution in [-0.4, -0.2) is 47.5 Å². The highest BCUT2D eigenvalue weighted by Crippen LogP contribution is 2.23. The Kier molecular flexibility index (Phi) is 4.62. The summed E-state index contributed by atoms with van der Waals surface area (Å²) in [4.78, 5) is 18.8. The molecule has 6 heteroatoms. The van der Waals surface area contributed by atoms with Crippen molar-refractivity contribution in [1.82, 2.24) is 15.2 Å². The zero-order valence-corrected chi connectivity index (χ0v) is 12.9. The molecule has 1 aliphatic rings. The van der Waals surface area contributed by atoms with Crippen molar-refractivity contribution in [2.45, 2.75) is 26.3 Å². The summed E-state index contributed by atoms with van der Waals surface area (Å²) in [6.45, 7) is 9.32. The number of carbonyl (C=O) groups is 1. The molecule has 1 amide bonds. The third-order valence-corrected chi connectivity index (χ3v) is 3.99. The second-order valence-corrected chi connectivity index (χ2v) is 5.96. The molecule has 1 aromatic rings. The van der Waals surface area contributed by atoms with Crippen LogP contribution in [0.2, 0.25) is 5.15 Å². The number of halogens is 1. The maximum atomic E-state index is 12.5. The summed E-state index contributed by atoms with van der Waals surface area (Å²) in [6, 6.07) is 1.83. The Hall–Kier alpha value is -1.17. The summed E-state index contributed by atoms with van der Waals surface area (Å²) in [5, 5.41) is 6.50. The van der Waals surface area contributed by atoms with Gasteiger partial charge in [0, 0.05) is 32.4 Å². The molecule has 0 radical (unpaired) electrons. The summed E-state index contributed by atoms with van der Waals surface area (Å²) in [7, 11) is 0. The molecule has 20 heavy (non-hydrogen) atoms. The molecule has 0 bridgehead atoms. The van der Waals surface area contributed by atoms with E-state index in [2.05, 4.69) is 20.5 Å². The van der Waals surface area contributed by atoms with Gasteiger partial charge in [0.25, 0.3) is 0 Å². The lowest BCUT2D eigenvalue weighted by atomic mass is 10.0. The van der Waals surface area contributed by atoms with Crippen LogP contribution in [0.5, 0.6) is 0 Å². The van der Waals surface area contributed by atoms with Gasteiger partial charge in [-0.1, -0.05) is 11.6 Å². The van der Waals surface area contributed by atoms with E-state index in [0.717, 1.165) is 31.7 Å². The quantitative estimate of drug-likeness (QED) is 0.833. The zero-order chi connectivity index (χ0) is 14.8. The minimum Gasteiger partial charge on any atom is -0.322 e. The van der Waals surface area contributed by atoms with Crippen molar-refractivity contribution in [2.75, 3.05) is 31.5 Å². The molecule has 110 valence electrons. The number of rotatable bonds is 3. The topological polar surface area (TPSA) is 57.3 Å². The van der Waals surface area contributed by atoms with Crippen LogP contribution < -0.4 is 10.6 Å². The number of carbonyl (C=O) groups excluding carboxylic acids is 1. The van der Waals surface area contributed by atoms with Gasteiger partial charge in [-0.05, 0) is 32.4 Å². The van der Waals surface area contributed by atoms with Gasteiger partial charge in [0.05, 0.1) is 11.2 Å². The fraction of sp³-hybridized carbons (Fsp3) is 0.571. The molecule has 0 unspecified atom stereocenters. The smallest absolute Gasteiger partial charge is 0.244 e. The average Bonchev–Trinajstić information content (AvgIpc) is 2.43. The maximum absolute atomic E-state index is 12.5. The number of nitrogens with zero attached hydrogens (tertiary/aromatic N) is 2. The average molecular weight is 297 g/mol. The van der Waals surface area contributed by atoms with Gasteiger partial charge < -0.3 is 10.6 Å². The summed E-state index contributed by atoms with van der Waals surface area (Å²) in [5.74, 6) is -0.0614. The summed E-state index contributed by atoms with van der Waals surface area (Å²) < 4.78 is 0. The number of amides is 1. The third kappa shape index (κ3) is 3.29. The van der Waals surface area contributed by atoms with E-state index in [1.165, 1.54) is 0 Å². The van der Waals surface area contributed by atoms with E-state index in [4.69, 9.17) is 11.6 Å². The molecule has 1 saturated heterocycles. The normalized spacial score (nSPS) is 17.0. The zero-order valence-electron chi connectivity index (χ0n) is 12.2. The van der Waals surface area contributed by atoms with Crippen LogP contribution >= 0.6 is 11.6 Å². The van der Waals surface area contributed by atoms with Gasteiger partial charge in [0.2, 0.25) is 5.91 Å². The summed E-state index contributed by atoms with van der Waals surface area (Å²) >= 11 is 6.03. The number of anilines is 1. The first-order valence-corrected chi connectivity index (χ1v) is 7.18. The molecule has 2 rings (SSSR count). The van der Waals surface area contributed by atoms with E-state index in [-0.39, 0.29) is 5.91 Å². The number of aromatic nitrogens is 1. The summed E-state index contributed by atoms with van der Waals surface area (Å²) in [5.41, 5.74) is 0.958. The first-order valence-electron chi connectivity index (χ1n) is 6.80. The number of hydrogen-bond donors (Lipinski definition) is 2. The molecule has 0 spiro atoms. The largest absolute Gasteiger partial charge is 0.322 e. The lowest BCUT2D eigenvalue weighted by molar-refractivity contribution is -0.126. The van der Waals surface area contributed by atoms with Gasteiger partial charge in [0.15, 0.2) is 5.15 Å². The molecule has 1 fully saturated rings. The molecule has 0 aromatic carbocycles. The maximum Gasteiger partial charge on any atom is 0.244 e. The van der Waals surface area contributed by atoms with E-state index in [1.54, 1.807) is 6.20 Å². The predicted molar refractivity (Wildman–Crippen MR) is 81.1 cm³/mol. The third-order valence-electron chi connectivity index (χ3n) is 3.69. The predicted octanol–water partition coefficient (Wildman–Crippen LogP) is 1.67. The highest BCUT2D eigenvalue weighted by atomic mass is 35.5. The second kappa shape index (κ2) is 6.08. The Morgan fingerprint density at radius 1 is 1.45 bits per heavy atom. The lowest BCUT2D eigenvalue weighted by Crippen LogP contribution is -2.58. The molecular weight excluding hydrogens is 276 g/mol. The lowest BCUT2D eigenvalue weighted by Gasteiger charge is -2.39. The SMILES string of the molecule is Cc1cnc(Cl)c(NC(=O)C(C)(C)N2CCNCC2)c1. The fourth-order valence-electron chi connectivity index (χ4n) is 2.28. The van der Waals surface area contributed by atoms with Crippen molar-refractivity contribution in [2.24, 2.45) is 0 Å². The number of aryl methyl sites for hydroxylation is 1. The first kappa shape index (κ1) is 15.2. The minimum absolute atomic E-state index is 0.0614.